The van der Waals surface area contributed by atoms with Gasteiger partial charge in [0.15, 0.2) is 5.96 Å². The molecule has 1 fully saturated rings. The Morgan fingerprint density at radius 3 is 2.54 bits per heavy atom. The Morgan fingerprint density at radius 1 is 1.29 bits per heavy atom. The van der Waals surface area contributed by atoms with Gasteiger partial charge < -0.3 is 15.4 Å². The van der Waals surface area contributed by atoms with E-state index in [0.717, 1.165) is 48.8 Å². The normalized spacial score (nSPS) is 16.4. The summed E-state index contributed by atoms with van der Waals surface area (Å²) in [6.07, 6.45) is 3.01. The van der Waals surface area contributed by atoms with E-state index in [0.29, 0.717) is 25.6 Å². The molecule has 1 saturated heterocycles. The number of ether oxygens (including phenoxy) is 1. The molecular weight excluding hydrogens is 491 g/mol. The molecule has 1 heterocycles. The number of aliphatic imine (C=N–C) groups is 1. The zero-order valence-electron chi connectivity index (χ0n) is 17.2. The third-order valence-electron chi connectivity index (χ3n) is 4.80. The van der Waals surface area contributed by atoms with Gasteiger partial charge in [0.2, 0.25) is 10.0 Å². The molecule has 0 atom stereocenters. The lowest BCUT2D eigenvalue weighted by molar-refractivity contribution is 0.275. The first-order valence-electron chi connectivity index (χ1n) is 9.44. The Labute approximate surface area is 186 Å². The van der Waals surface area contributed by atoms with E-state index in [9.17, 15) is 8.42 Å². The largest absolute Gasteiger partial charge is 0.496 e. The molecule has 160 valence electrons. The minimum atomic E-state index is -3.07. The van der Waals surface area contributed by atoms with Crippen LogP contribution in [0, 0.1) is 12.8 Å². The average molecular weight is 524 g/mol. The maximum Gasteiger partial charge on any atom is 0.211 e. The highest BCUT2D eigenvalue weighted by Crippen LogP contribution is 2.21. The Hall–Kier alpha value is -1.07. The summed E-state index contributed by atoms with van der Waals surface area (Å²) in [4.78, 5) is 4.67. The van der Waals surface area contributed by atoms with Crippen molar-refractivity contribution in [2.75, 3.05) is 39.5 Å². The second kappa shape index (κ2) is 11.8. The number of guanidine groups is 1. The molecule has 0 aliphatic carbocycles. The summed E-state index contributed by atoms with van der Waals surface area (Å²) in [7, 11) is -1.40. The number of nitrogens with zero attached hydrogens (tertiary/aromatic N) is 2. The summed E-state index contributed by atoms with van der Waals surface area (Å²) in [6, 6.07) is 6.12. The van der Waals surface area contributed by atoms with Crippen LogP contribution in [0.25, 0.3) is 0 Å². The maximum absolute atomic E-state index is 11.6. The highest BCUT2D eigenvalue weighted by Gasteiger charge is 2.24. The maximum atomic E-state index is 11.6. The first-order chi connectivity index (χ1) is 12.8. The molecule has 2 rings (SSSR count). The standard InChI is InChI=1S/C19H32N4O3S.HI/c1-5-20-19(22-14-17-7-6-15(2)12-18(17)26-3)21-13-16-8-10-23(11-9-16)27(4,24)25;/h6-7,12,16H,5,8-11,13-14H2,1-4H3,(H2,20,21,22);1H. The quantitative estimate of drug-likeness (QED) is 0.325. The van der Waals surface area contributed by atoms with Crippen molar-refractivity contribution in [1.29, 1.82) is 0 Å². The van der Waals surface area contributed by atoms with Gasteiger partial charge in [0.1, 0.15) is 5.75 Å². The van der Waals surface area contributed by atoms with E-state index in [1.54, 1.807) is 11.4 Å². The van der Waals surface area contributed by atoms with Gasteiger partial charge in [-0.25, -0.2) is 17.7 Å². The SMILES string of the molecule is CCNC(=NCc1ccc(C)cc1OC)NCC1CCN(S(C)(=O)=O)CC1.I. The van der Waals surface area contributed by atoms with Crippen molar-refractivity contribution in [3.63, 3.8) is 0 Å². The molecule has 1 aromatic rings. The van der Waals surface area contributed by atoms with E-state index in [4.69, 9.17) is 4.74 Å². The number of nitrogens with one attached hydrogen (secondary N) is 2. The zero-order chi connectivity index (χ0) is 19.9. The van der Waals surface area contributed by atoms with Gasteiger partial charge in [0.05, 0.1) is 19.9 Å². The summed E-state index contributed by atoms with van der Waals surface area (Å²) in [6.45, 7) is 7.37. The van der Waals surface area contributed by atoms with Crippen LogP contribution >= 0.6 is 24.0 Å². The van der Waals surface area contributed by atoms with E-state index in [1.807, 2.05) is 26.0 Å². The minimum absolute atomic E-state index is 0. The van der Waals surface area contributed by atoms with Crippen LogP contribution in [0.5, 0.6) is 5.75 Å². The molecule has 9 heteroatoms. The Kier molecular flexibility index (Phi) is 10.5. The molecule has 1 aromatic carbocycles. The van der Waals surface area contributed by atoms with Gasteiger partial charge in [-0.15, -0.1) is 24.0 Å². The second-order valence-corrected chi connectivity index (χ2v) is 8.98. The fourth-order valence-electron chi connectivity index (χ4n) is 3.17. The Bertz CT molecular complexity index is 748. The van der Waals surface area contributed by atoms with Gasteiger partial charge in [0, 0.05) is 31.7 Å². The monoisotopic (exact) mass is 524 g/mol. The lowest BCUT2D eigenvalue weighted by atomic mass is 9.98. The van der Waals surface area contributed by atoms with Crippen molar-refractivity contribution in [3.05, 3.63) is 29.3 Å². The van der Waals surface area contributed by atoms with Gasteiger partial charge in [-0.1, -0.05) is 12.1 Å². The predicted molar refractivity (Wildman–Crippen MR) is 125 cm³/mol. The van der Waals surface area contributed by atoms with Crippen LogP contribution in [0.3, 0.4) is 0 Å². The number of halogens is 1. The zero-order valence-corrected chi connectivity index (χ0v) is 20.3. The highest BCUT2D eigenvalue weighted by atomic mass is 127. The summed E-state index contributed by atoms with van der Waals surface area (Å²) in [5, 5.41) is 6.66. The molecule has 1 aliphatic heterocycles. The van der Waals surface area contributed by atoms with E-state index in [-0.39, 0.29) is 24.0 Å². The summed E-state index contributed by atoms with van der Waals surface area (Å²) in [5.41, 5.74) is 2.20. The Morgan fingerprint density at radius 2 is 1.96 bits per heavy atom. The first kappa shape index (κ1) is 25.0. The molecule has 1 aliphatic rings. The van der Waals surface area contributed by atoms with Crippen molar-refractivity contribution in [2.24, 2.45) is 10.9 Å². The number of methoxy groups -OCH3 is 1. The smallest absolute Gasteiger partial charge is 0.211 e. The number of benzene rings is 1. The number of aryl methyl sites for hydroxylation is 1. The minimum Gasteiger partial charge on any atom is -0.496 e. The molecule has 0 radical (unpaired) electrons. The van der Waals surface area contributed by atoms with Crippen LogP contribution in [0.2, 0.25) is 0 Å². The van der Waals surface area contributed by atoms with E-state index in [1.165, 1.54) is 6.26 Å². The molecule has 0 aromatic heterocycles. The topological polar surface area (TPSA) is 83.0 Å². The summed E-state index contributed by atoms with van der Waals surface area (Å²) in [5.74, 6) is 2.06. The lowest BCUT2D eigenvalue weighted by Crippen LogP contribution is -2.44. The van der Waals surface area contributed by atoms with Crippen LogP contribution in [-0.2, 0) is 16.6 Å². The third kappa shape index (κ3) is 7.75. The summed E-state index contributed by atoms with van der Waals surface area (Å²) < 4.78 is 30.2. The molecule has 0 unspecified atom stereocenters. The van der Waals surface area contributed by atoms with Crippen molar-refractivity contribution in [2.45, 2.75) is 33.2 Å². The molecule has 0 amide bonds. The van der Waals surface area contributed by atoms with Crippen LogP contribution < -0.4 is 15.4 Å². The van der Waals surface area contributed by atoms with Gasteiger partial charge in [-0.05, 0) is 44.2 Å². The van der Waals surface area contributed by atoms with E-state index >= 15 is 0 Å². The predicted octanol–water partition coefficient (Wildman–Crippen LogP) is 2.35. The van der Waals surface area contributed by atoms with Crippen LogP contribution in [-0.4, -0.2) is 58.2 Å². The van der Waals surface area contributed by atoms with Crippen LogP contribution in [0.4, 0.5) is 0 Å². The fraction of sp³-hybridized carbons (Fsp3) is 0.632. The fourth-order valence-corrected chi connectivity index (χ4v) is 4.05. The van der Waals surface area contributed by atoms with Crippen molar-refractivity contribution in [1.82, 2.24) is 14.9 Å². The molecule has 0 saturated carbocycles. The van der Waals surface area contributed by atoms with Crippen molar-refractivity contribution in [3.8, 4) is 5.75 Å². The number of hydrogen-bond acceptors (Lipinski definition) is 4. The molecule has 7 nitrogen and oxygen atoms in total. The first-order valence-corrected chi connectivity index (χ1v) is 11.3. The molecule has 0 spiro atoms. The number of piperidine rings is 1. The number of hydrogen-bond donors (Lipinski definition) is 2. The summed E-state index contributed by atoms with van der Waals surface area (Å²) >= 11 is 0. The molecular formula is C19H33IN4O3S. The van der Waals surface area contributed by atoms with Crippen molar-refractivity contribution >= 4 is 40.0 Å². The van der Waals surface area contributed by atoms with E-state index in [2.05, 4.69) is 21.7 Å². The van der Waals surface area contributed by atoms with E-state index < -0.39 is 10.0 Å². The molecule has 0 bridgehead atoms. The number of sulfonamides is 1. The molecule has 28 heavy (non-hydrogen) atoms. The number of rotatable bonds is 7. The average Bonchev–Trinajstić information content (AvgIpc) is 2.64. The molecule has 2 N–H and O–H groups in total. The van der Waals surface area contributed by atoms with Gasteiger partial charge in [-0.3, -0.25) is 0 Å². The lowest BCUT2D eigenvalue weighted by Gasteiger charge is -2.30. The highest BCUT2D eigenvalue weighted by molar-refractivity contribution is 14.0. The Balaban J connectivity index is 0.00000392. The van der Waals surface area contributed by atoms with Crippen LogP contribution in [0.1, 0.15) is 30.9 Å². The van der Waals surface area contributed by atoms with Crippen molar-refractivity contribution < 1.29 is 13.2 Å². The van der Waals surface area contributed by atoms with Gasteiger partial charge >= 0.3 is 0 Å². The third-order valence-corrected chi connectivity index (χ3v) is 6.10. The van der Waals surface area contributed by atoms with Crippen LogP contribution in [0.15, 0.2) is 23.2 Å². The second-order valence-electron chi connectivity index (χ2n) is 7.00. The van der Waals surface area contributed by atoms with Gasteiger partial charge in [0.25, 0.3) is 0 Å². The van der Waals surface area contributed by atoms with Gasteiger partial charge in [-0.2, -0.15) is 0 Å².